The smallest absolute Gasteiger partial charge is 0.257 e. The van der Waals surface area contributed by atoms with Gasteiger partial charge in [0.05, 0.1) is 36.6 Å². The normalized spacial score (nSPS) is 13.3. The van der Waals surface area contributed by atoms with Crippen molar-refractivity contribution in [2.75, 3.05) is 11.9 Å². The number of carbonyl (C=O) groups is 1. The minimum atomic E-state index is -0.116. The van der Waals surface area contributed by atoms with E-state index in [0.29, 0.717) is 36.8 Å². The Hall–Kier alpha value is -3.26. The van der Waals surface area contributed by atoms with Gasteiger partial charge in [-0.25, -0.2) is 9.97 Å². The molecule has 1 aliphatic rings. The Labute approximate surface area is 150 Å². The van der Waals surface area contributed by atoms with E-state index < -0.39 is 0 Å². The molecule has 0 atom stereocenters. The maximum Gasteiger partial charge on any atom is 0.257 e. The number of rotatable bonds is 4. The Kier molecular flexibility index (Phi) is 4.32. The predicted octanol–water partition coefficient (Wildman–Crippen LogP) is 1.56. The molecule has 8 nitrogen and oxygen atoms in total. The lowest BCUT2D eigenvalue weighted by molar-refractivity contribution is 0.0705. The molecule has 2 N–H and O–H groups in total. The zero-order chi connectivity index (χ0) is 17.9. The van der Waals surface area contributed by atoms with Crippen LogP contribution < -0.4 is 5.32 Å². The lowest BCUT2D eigenvalue weighted by atomic mass is 10.2. The molecule has 0 aliphatic carbocycles. The SMILES string of the molecule is O=C(c1cnc(Nc2ccccc2)nc1)N1CCn2nc(CO)cc2C1. The average molecular weight is 350 g/mol. The molecule has 0 unspecified atom stereocenters. The van der Waals surface area contributed by atoms with Crippen LogP contribution in [0.3, 0.4) is 0 Å². The monoisotopic (exact) mass is 350 g/mol. The first-order valence-corrected chi connectivity index (χ1v) is 8.33. The Morgan fingerprint density at radius 1 is 1.15 bits per heavy atom. The second-order valence-corrected chi connectivity index (χ2v) is 6.02. The van der Waals surface area contributed by atoms with Crippen LogP contribution in [0.5, 0.6) is 0 Å². The summed E-state index contributed by atoms with van der Waals surface area (Å²) < 4.78 is 1.83. The van der Waals surface area contributed by atoms with Gasteiger partial charge >= 0.3 is 0 Å². The van der Waals surface area contributed by atoms with Gasteiger partial charge in [0.15, 0.2) is 0 Å². The third-order valence-electron chi connectivity index (χ3n) is 4.23. The van der Waals surface area contributed by atoms with E-state index in [9.17, 15) is 9.90 Å². The van der Waals surface area contributed by atoms with Gasteiger partial charge in [-0.2, -0.15) is 5.10 Å². The van der Waals surface area contributed by atoms with Crippen molar-refractivity contribution < 1.29 is 9.90 Å². The van der Waals surface area contributed by atoms with E-state index in [4.69, 9.17) is 0 Å². The highest BCUT2D eigenvalue weighted by atomic mass is 16.3. The van der Waals surface area contributed by atoms with Crippen molar-refractivity contribution in [3.05, 3.63) is 65.7 Å². The van der Waals surface area contributed by atoms with Crippen molar-refractivity contribution in [3.8, 4) is 0 Å². The second-order valence-electron chi connectivity index (χ2n) is 6.02. The van der Waals surface area contributed by atoms with Gasteiger partial charge in [0.1, 0.15) is 0 Å². The molecule has 2 aromatic heterocycles. The Morgan fingerprint density at radius 2 is 1.92 bits per heavy atom. The molecule has 1 aliphatic heterocycles. The first kappa shape index (κ1) is 16.2. The van der Waals surface area contributed by atoms with Crippen LogP contribution in [0, 0.1) is 0 Å². The van der Waals surface area contributed by atoms with Gasteiger partial charge in [-0.05, 0) is 18.2 Å². The van der Waals surface area contributed by atoms with Gasteiger partial charge in [0.2, 0.25) is 5.95 Å². The summed E-state index contributed by atoms with van der Waals surface area (Å²) in [5.74, 6) is 0.325. The number of anilines is 2. The third-order valence-corrected chi connectivity index (χ3v) is 4.23. The largest absolute Gasteiger partial charge is 0.390 e. The van der Waals surface area contributed by atoms with Crippen molar-refractivity contribution in [1.82, 2.24) is 24.6 Å². The Bertz CT molecular complexity index is 907. The molecule has 0 fully saturated rings. The van der Waals surface area contributed by atoms with E-state index in [2.05, 4.69) is 20.4 Å². The lowest BCUT2D eigenvalue weighted by Crippen LogP contribution is -2.38. The van der Waals surface area contributed by atoms with Crippen LogP contribution in [0.2, 0.25) is 0 Å². The van der Waals surface area contributed by atoms with Crippen LogP contribution >= 0.6 is 0 Å². The summed E-state index contributed by atoms with van der Waals surface area (Å²) in [6, 6.07) is 11.4. The van der Waals surface area contributed by atoms with Gasteiger partial charge < -0.3 is 15.3 Å². The summed E-state index contributed by atoms with van der Waals surface area (Å²) in [5.41, 5.74) is 2.86. The number of benzene rings is 1. The van der Waals surface area contributed by atoms with Crippen molar-refractivity contribution in [3.63, 3.8) is 0 Å². The van der Waals surface area contributed by atoms with Gasteiger partial charge in [-0.3, -0.25) is 9.48 Å². The highest BCUT2D eigenvalue weighted by molar-refractivity contribution is 5.93. The molecule has 1 aromatic carbocycles. The molecule has 0 bridgehead atoms. The maximum atomic E-state index is 12.7. The number of fused-ring (bicyclic) bond motifs is 1. The maximum absolute atomic E-state index is 12.7. The molecular formula is C18H18N6O2. The number of aromatic nitrogens is 4. The van der Waals surface area contributed by atoms with Crippen molar-refractivity contribution >= 4 is 17.5 Å². The fourth-order valence-electron chi connectivity index (χ4n) is 2.91. The number of para-hydroxylation sites is 1. The summed E-state index contributed by atoms with van der Waals surface area (Å²) in [5, 5.41) is 16.6. The van der Waals surface area contributed by atoms with Crippen LogP contribution in [0.1, 0.15) is 21.7 Å². The summed E-state index contributed by atoms with van der Waals surface area (Å²) >= 11 is 0. The Morgan fingerprint density at radius 3 is 2.65 bits per heavy atom. The molecule has 8 heteroatoms. The van der Waals surface area contributed by atoms with E-state index in [0.717, 1.165) is 11.4 Å². The zero-order valence-electron chi connectivity index (χ0n) is 14.0. The fraction of sp³-hybridized carbons (Fsp3) is 0.222. The number of aliphatic hydroxyl groups is 1. The van der Waals surface area contributed by atoms with Crippen molar-refractivity contribution in [2.45, 2.75) is 19.7 Å². The highest BCUT2D eigenvalue weighted by Gasteiger charge is 2.23. The van der Waals surface area contributed by atoms with E-state index in [-0.39, 0.29) is 12.5 Å². The number of hydrogen-bond donors (Lipinski definition) is 2. The van der Waals surface area contributed by atoms with E-state index in [1.54, 1.807) is 4.90 Å². The molecule has 3 heterocycles. The van der Waals surface area contributed by atoms with E-state index >= 15 is 0 Å². The highest BCUT2D eigenvalue weighted by Crippen LogP contribution is 2.17. The molecule has 3 aromatic rings. The molecule has 0 spiro atoms. The topological polar surface area (TPSA) is 96.2 Å². The van der Waals surface area contributed by atoms with Gasteiger partial charge in [-0.15, -0.1) is 0 Å². The van der Waals surface area contributed by atoms with Gasteiger partial charge in [-0.1, -0.05) is 18.2 Å². The van der Waals surface area contributed by atoms with Crippen molar-refractivity contribution in [2.24, 2.45) is 0 Å². The number of amides is 1. The Balaban J connectivity index is 1.45. The fourth-order valence-corrected chi connectivity index (χ4v) is 2.91. The van der Waals surface area contributed by atoms with Gasteiger partial charge in [0.25, 0.3) is 5.91 Å². The molecule has 0 radical (unpaired) electrons. The van der Waals surface area contributed by atoms with Crippen LogP contribution in [-0.4, -0.2) is 42.2 Å². The predicted molar refractivity (Wildman–Crippen MR) is 94.6 cm³/mol. The number of nitrogens with zero attached hydrogens (tertiary/aromatic N) is 5. The summed E-state index contributed by atoms with van der Waals surface area (Å²) in [6.45, 7) is 1.52. The van der Waals surface area contributed by atoms with Crippen LogP contribution in [0.25, 0.3) is 0 Å². The summed E-state index contributed by atoms with van der Waals surface area (Å²) in [6.07, 6.45) is 3.07. The summed E-state index contributed by atoms with van der Waals surface area (Å²) in [7, 11) is 0. The quantitative estimate of drug-likeness (QED) is 0.741. The van der Waals surface area contributed by atoms with Crippen molar-refractivity contribution in [1.29, 1.82) is 0 Å². The number of hydrogen-bond acceptors (Lipinski definition) is 6. The minimum Gasteiger partial charge on any atom is -0.390 e. The average Bonchev–Trinajstić information content (AvgIpc) is 3.11. The summed E-state index contributed by atoms with van der Waals surface area (Å²) in [4.78, 5) is 22.9. The first-order chi connectivity index (χ1) is 12.7. The van der Waals surface area contributed by atoms with E-state index in [1.165, 1.54) is 12.4 Å². The molecule has 0 saturated carbocycles. The van der Waals surface area contributed by atoms with E-state index in [1.807, 2.05) is 41.1 Å². The third kappa shape index (κ3) is 3.27. The number of aliphatic hydroxyl groups excluding tert-OH is 1. The van der Waals surface area contributed by atoms with Crippen LogP contribution in [0.4, 0.5) is 11.6 Å². The van der Waals surface area contributed by atoms with Gasteiger partial charge in [0, 0.05) is 24.6 Å². The lowest BCUT2D eigenvalue weighted by Gasteiger charge is -2.27. The molecule has 1 amide bonds. The molecule has 26 heavy (non-hydrogen) atoms. The number of carbonyl (C=O) groups excluding carboxylic acids is 1. The molecule has 4 rings (SSSR count). The minimum absolute atomic E-state index is 0.0995. The molecule has 0 saturated heterocycles. The molecular weight excluding hydrogens is 332 g/mol. The first-order valence-electron chi connectivity index (χ1n) is 8.33. The second kappa shape index (κ2) is 6.93. The zero-order valence-corrected chi connectivity index (χ0v) is 14.0. The standard InChI is InChI=1S/C18H18N6O2/c25-12-15-8-16-11-23(6-7-24(16)22-15)17(26)13-9-19-18(20-10-13)21-14-4-2-1-3-5-14/h1-5,8-10,25H,6-7,11-12H2,(H,19,20,21). The van der Waals surface area contributed by atoms with Crippen LogP contribution in [-0.2, 0) is 19.7 Å². The number of nitrogens with one attached hydrogen (secondary N) is 1. The molecule has 132 valence electrons. The van der Waals surface area contributed by atoms with Crippen LogP contribution in [0.15, 0.2) is 48.8 Å².